The van der Waals surface area contributed by atoms with E-state index in [4.69, 9.17) is 0 Å². The maximum absolute atomic E-state index is 12.5. The van der Waals surface area contributed by atoms with Crippen LogP contribution in [0.3, 0.4) is 0 Å². The molecule has 3 fully saturated rings. The molecule has 3 saturated heterocycles. The van der Waals surface area contributed by atoms with Crippen molar-refractivity contribution in [1.82, 2.24) is 15.1 Å². The average Bonchev–Trinajstić information content (AvgIpc) is 2.91. The van der Waals surface area contributed by atoms with E-state index in [0.717, 1.165) is 32.5 Å². The third kappa shape index (κ3) is 2.28. The van der Waals surface area contributed by atoms with Gasteiger partial charge in [0, 0.05) is 25.2 Å². The molecule has 3 heterocycles. The molecule has 4 nitrogen and oxygen atoms in total. The molecular weight excluding hydrogens is 226 g/mol. The maximum Gasteiger partial charge on any atom is 0.240 e. The first-order valence-electron chi connectivity index (χ1n) is 7.53. The van der Waals surface area contributed by atoms with Crippen LogP contribution in [0.4, 0.5) is 0 Å². The highest BCUT2D eigenvalue weighted by Gasteiger charge is 2.37. The normalized spacial score (nSPS) is 37.6. The van der Waals surface area contributed by atoms with Gasteiger partial charge in [-0.25, -0.2) is 0 Å². The van der Waals surface area contributed by atoms with Crippen molar-refractivity contribution in [1.29, 1.82) is 0 Å². The molecule has 0 radical (unpaired) electrons. The predicted octanol–water partition coefficient (Wildman–Crippen LogP) is 0.824. The number of nitrogens with zero attached hydrogens (tertiary/aromatic N) is 2. The van der Waals surface area contributed by atoms with Crippen LogP contribution >= 0.6 is 0 Å². The molecule has 0 aromatic carbocycles. The standard InChI is InChI=1S/C14H25N3O/c1-11-9-16-8-3-2-5-12(16)10-17(11)14(18)13-6-4-7-15-13/h11-13,15H,2-10H2,1H3/t11?,12?,13-/m0/s1. The third-order valence-electron chi connectivity index (χ3n) is 4.83. The Bertz CT molecular complexity index is 314. The monoisotopic (exact) mass is 251 g/mol. The van der Waals surface area contributed by atoms with Crippen LogP contribution in [0.15, 0.2) is 0 Å². The van der Waals surface area contributed by atoms with Gasteiger partial charge >= 0.3 is 0 Å². The van der Waals surface area contributed by atoms with E-state index in [1.807, 2.05) is 0 Å². The van der Waals surface area contributed by atoms with Crippen molar-refractivity contribution in [2.45, 2.75) is 57.2 Å². The van der Waals surface area contributed by atoms with Crippen molar-refractivity contribution in [3.63, 3.8) is 0 Å². The summed E-state index contributed by atoms with van der Waals surface area (Å²) >= 11 is 0. The quantitative estimate of drug-likeness (QED) is 0.749. The summed E-state index contributed by atoms with van der Waals surface area (Å²) in [6.07, 6.45) is 6.11. The zero-order chi connectivity index (χ0) is 12.5. The molecule has 0 bridgehead atoms. The largest absolute Gasteiger partial charge is 0.336 e. The van der Waals surface area contributed by atoms with E-state index in [0.29, 0.717) is 18.0 Å². The molecule has 102 valence electrons. The SMILES string of the molecule is CC1CN2CCCCC2CN1C(=O)[C@@H]1CCCN1. The van der Waals surface area contributed by atoms with E-state index in [1.165, 1.54) is 25.8 Å². The highest BCUT2D eigenvalue weighted by molar-refractivity contribution is 5.82. The summed E-state index contributed by atoms with van der Waals surface area (Å²) in [4.78, 5) is 17.3. The maximum atomic E-state index is 12.5. The molecule has 4 heteroatoms. The van der Waals surface area contributed by atoms with Gasteiger partial charge in [-0.3, -0.25) is 9.69 Å². The number of fused-ring (bicyclic) bond motifs is 1. The zero-order valence-corrected chi connectivity index (χ0v) is 11.4. The van der Waals surface area contributed by atoms with Crippen LogP contribution in [-0.4, -0.2) is 60.0 Å². The summed E-state index contributed by atoms with van der Waals surface area (Å²) in [7, 11) is 0. The van der Waals surface area contributed by atoms with E-state index < -0.39 is 0 Å². The van der Waals surface area contributed by atoms with Crippen molar-refractivity contribution in [3.8, 4) is 0 Å². The lowest BCUT2D eigenvalue weighted by molar-refractivity contribution is -0.140. The number of piperazine rings is 1. The van der Waals surface area contributed by atoms with Gasteiger partial charge in [0.15, 0.2) is 0 Å². The molecule has 0 aromatic rings. The Morgan fingerprint density at radius 3 is 2.83 bits per heavy atom. The van der Waals surface area contributed by atoms with Gasteiger partial charge in [-0.2, -0.15) is 0 Å². The molecular formula is C14H25N3O. The van der Waals surface area contributed by atoms with Crippen LogP contribution in [0.2, 0.25) is 0 Å². The minimum Gasteiger partial charge on any atom is -0.336 e. The van der Waals surface area contributed by atoms with E-state index in [-0.39, 0.29) is 6.04 Å². The number of amides is 1. The summed E-state index contributed by atoms with van der Waals surface area (Å²) in [6, 6.07) is 1.11. The Morgan fingerprint density at radius 1 is 1.17 bits per heavy atom. The number of carbonyl (C=O) groups is 1. The summed E-state index contributed by atoms with van der Waals surface area (Å²) in [6.45, 7) is 6.48. The molecule has 3 aliphatic heterocycles. The minimum absolute atomic E-state index is 0.0996. The molecule has 0 aliphatic carbocycles. The van der Waals surface area contributed by atoms with Gasteiger partial charge in [0.1, 0.15) is 0 Å². The second-order valence-electron chi connectivity index (χ2n) is 6.13. The molecule has 2 unspecified atom stereocenters. The molecule has 3 rings (SSSR count). The van der Waals surface area contributed by atoms with Gasteiger partial charge in [-0.05, 0) is 45.7 Å². The third-order valence-corrected chi connectivity index (χ3v) is 4.83. The number of nitrogens with one attached hydrogen (secondary N) is 1. The van der Waals surface area contributed by atoms with Crippen molar-refractivity contribution in [2.24, 2.45) is 0 Å². The average molecular weight is 251 g/mol. The number of rotatable bonds is 1. The lowest BCUT2D eigenvalue weighted by Crippen LogP contribution is -2.62. The van der Waals surface area contributed by atoms with Crippen molar-refractivity contribution >= 4 is 5.91 Å². The van der Waals surface area contributed by atoms with Crippen LogP contribution in [0.5, 0.6) is 0 Å². The Kier molecular flexibility index (Phi) is 3.57. The highest BCUT2D eigenvalue weighted by Crippen LogP contribution is 2.25. The van der Waals surface area contributed by atoms with Crippen LogP contribution in [0.1, 0.15) is 39.0 Å². The first kappa shape index (κ1) is 12.4. The molecule has 3 atom stereocenters. The second-order valence-corrected chi connectivity index (χ2v) is 6.13. The van der Waals surface area contributed by atoms with Gasteiger partial charge in [0.25, 0.3) is 0 Å². The van der Waals surface area contributed by atoms with Gasteiger partial charge in [0.2, 0.25) is 5.91 Å². The molecule has 1 N–H and O–H groups in total. The Hall–Kier alpha value is -0.610. The first-order chi connectivity index (χ1) is 8.75. The van der Waals surface area contributed by atoms with Gasteiger partial charge < -0.3 is 10.2 Å². The second kappa shape index (κ2) is 5.17. The Balaban J connectivity index is 1.66. The molecule has 0 aromatic heterocycles. The van der Waals surface area contributed by atoms with Crippen LogP contribution < -0.4 is 5.32 Å². The fourth-order valence-corrected chi connectivity index (χ4v) is 3.75. The molecule has 0 saturated carbocycles. The molecule has 1 amide bonds. The molecule has 18 heavy (non-hydrogen) atoms. The van der Waals surface area contributed by atoms with Gasteiger partial charge in [-0.15, -0.1) is 0 Å². The minimum atomic E-state index is 0.0996. The summed E-state index contributed by atoms with van der Waals surface area (Å²) in [5.41, 5.74) is 0. The highest BCUT2D eigenvalue weighted by atomic mass is 16.2. The summed E-state index contributed by atoms with van der Waals surface area (Å²) < 4.78 is 0. The fraction of sp³-hybridized carbons (Fsp3) is 0.929. The van der Waals surface area contributed by atoms with E-state index in [9.17, 15) is 4.79 Å². The van der Waals surface area contributed by atoms with E-state index in [1.54, 1.807) is 0 Å². The van der Waals surface area contributed by atoms with Gasteiger partial charge in [0.05, 0.1) is 6.04 Å². The van der Waals surface area contributed by atoms with Crippen molar-refractivity contribution in [3.05, 3.63) is 0 Å². The van der Waals surface area contributed by atoms with Crippen LogP contribution in [0, 0.1) is 0 Å². The van der Waals surface area contributed by atoms with Crippen LogP contribution in [-0.2, 0) is 4.79 Å². The Labute approximate surface area is 110 Å². The van der Waals surface area contributed by atoms with E-state index >= 15 is 0 Å². The Morgan fingerprint density at radius 2 is 2.06 bits per heavy atom. The molecule has 3 aliphatic rings. The summed E-state index contributed by atoms with van der Waals surface area (Å²) in [5, 5.41) is 3.34. The lowest BCUT2D eigenvalue weighted by atomic mass is 9.96. The van der Waals surface area contributed by atoms with Crippen LogP contribution in [0.25, 0.3) is 0 Å². The number of hydrogen-bond acceptors (Lipinski definition) is 3. The number of piperidine rings is 1. The van der Waals surface area contributed by atoms with Crippen molar-refractivity contribution < 1.29 is 4.79 Å². The summed E-state index contributed by atoms with van der Waals surface area (Å²) in [5.74, 6) is 0.352. The smallest absolute Gasteiger partial charge is 0.240 e. The van der Waals surface area contributed by atoms with Crippen molar-refractivity contribution in [2.75, 3.05) is 26.2 Å². The van der Waals surface area contributed by atoms with Gasteiger partial charge in [-0.1, -0.05) is 6.42 Å². The van der Waals surface area contributed by atoms with E-state index in [2.05, 4.69) is 22.0 Å². The number of hydrogen-bond donors (Lipinski definition) is 1. The lowest BCUT2D eigenvalue weighted by Gasteiger charge is -2.48. The topological polar surface area (TPSA) is 35.6 Å². The first-order valence-corrected chi connectivity index (χ1v) is 7.53. The number of carbonyl (C=O) groups excluding carboxylic acids is 1. The predicted molar refractivity (Wildman–Crippen MR) is 71.4 cm³/mol. The molecule has 0 spiro atoms. The zero-order valence-electron chi connectivity index (χ0n) is 11.4. The fourth-order valence-electron chi connectivity index (χ4n) is 3.75.